The summed E-state index contributed by atoms with van der Waals surface area (Å²) >= 11 is 0. The van der Waals surface area contributed by atoms with Crippen LogP contribution in [0.3, 0.4) is 0 Å². The van der Waals surface area contributed by atoms with Crippen molar-refractivity contribution in [3.05, 3.63) is 30.2 Å². The van der Waals surface area contributed by atoms with Crippen molar-refractivity contribution < 1.29 is 9.26 Å². The van der Waals surface area contributed by atoms with Crippen molar-refractivity contribution in [3.63, 3.8) is 0 Å². The van der Waals surface area contributed by atoms with E-state index in [0.717, 1.165) is 32.0 Å². The summed E-state index contributed by atoms with van der Waals surface area (Å²) < 4.78 is 10.8. The number of aliphatic imine (C=N–C) groups is 1. The van der Waals surface area contributed by atoms with E-state index >= 15 is 0 Å². The first kappa shape index (κ1) is 19.6. The SMILES string of the molecule is CN=C(NCCc1noc(-c2ccccn2)n1)NCC1CCCO1.I. The maximum Gasteiger partial charge on any atom is 0.276 e. The highest BCUT2D eigenvalue weighted by atomic mass is 127. The number of aromatic nitrogens is 3. The minimum atomic E-state index is 0. The second kappa shape index (κ2) is 10.3. The number of pyridine rings is 1. The number of ether oxygens (including phenoxy) is 1. The van der Waals surface area contributed by atoms with Gasteiger partial charge < -0.3 is 19.9 Å². The van der Waals surface area contributed by atoms with Crippen LogP contribution in [-0.2, 0) is 11.2 Å². The molecule has 1 saturated heterocycles. The van der Waals surface area contributed by atoms with E-state index in [9.17, 15) is 0 Å². The van der Waals surface area contributed by atoms with Crippen molar-refractivity contribution >= 4 is 29.9 Å². The second-order valence-electron chi connectivity index (χ2n) is 5.50. The van der Waals surface area contributed by atoms with Crippen molar-refractivity contribution in [2.75, 3.05) is 26.7 Å². The lowest BCUT2D eigenvalue weighted by Gasteiger charge is -2.14. The average Bonchev–Trinajstić information content (AvgIpc) is 3.30. The van der Waals surface area contributed by atoms with Crippen LogP contribution in [0.25, 0.3) is 11.6 Å². The Morgan fingerprint density at radius 2 is 2.28 bits per heavy atom. The van der Waals surface area contributed by atoms with Gasteiger partial charge in [-0.15, -0.1) is 24.0 Å². The third-order valence-corrected chi connectivity index (χ3v) is 3.74. The second-order valence-corrected chi connectivity index (χ2v) is 5.50. The standard InChI is InChI=1S/C16H22N6O2.HI/c1-17-16(20-11-12-5-4-10-23-12)19-9-7-14-21-15(24-22-14)13-6-2-3-8-18-13;/h2-3,6,8,12H,4-5,7,9-11H2,1H3,(H2,17,19,20);1H. The molecule has 0 aromatic carbocycles. The highest BCUT2D eigenvalue weighted by Gasteiger charge is 2.15. The van der Waals surface area contributed by atoms with Gasteiger partial charge in [0.2, 0.25) is 0 Å². The first-order valence-corrected chi connectivity index (χ1v) is 8.15. The number of nitrogens with zero attached hydrogens (tertiary/aromatic N) is 4. The molecule has 0 spiro atoms. The van der Waals surface area contributed by atoms with Gasteiger partial charge >= 0.3 is 0 Å². The summed E-state index contributed by atoms with van der Waals surface area (Å²) in [6.45, 7) is 2.28. The summed E-state index contributed by atoms with van der Waals surface area (Å²) in [6, 6.07) is 5.57. The number of guanidine groups is 1. The van der Waals surface area contributed by atoms with Crippen LogP contribution in [-0.4, -0.2) is 53.9 Å². The fraction of sp³-hybridized carbons (Fsp3) is 0.500. The van der Waals surface area contributed by atoms with Crippen molar-refractivity contribution in [2.45, 2.75) is 25.4 Å². The van der Waals surface area contributed by atoms with Gasteiger partial charge in [-0.3, -0.25) is 9.98 Å². The Hall–Kier alpha value is -1.75. The van der Waals surface area contributed by atoms with Crippen molar-refractivity contribution in [1.29, 1.82) is 0 Å². The van der Waals surface area contributed by atoms with Gasteiger partial charge in [0.05, 0.1) is 6.10 Å². The molecule has 0 bridgehead atoms. The van der Waals surface area contributed by atoms with Crippen LogP contribution in [0.4, 0.5) is 0 Å². The molecule has 3 heterocycles. The van der Waals surface area contributed by atoms with Crippen LogP contribution in [0.2, 0.25) is 0 Å². The molecular weight excluding hydrogens is 435 g/mol. The van der Waals surface area contributed by atoms with E-state index in [1.165, 1.54) is 0 Å². The maximum absolute atomic E-state index is 5.58. The fourth-order valence-electron chi connectivity index (χ4n) is 2.48. The number of hydrogen-bond donors (Lipinski definition) is 2. The molecule has 8 nitrogen and oxygen atoms in total. The highest BCUT2D eigenvalue weighted by molar-refractivity contribution is 14.0. The van der Waals surface area contributed by atoms with E-state index in [2.05, 4.69) is 30.8 Å². The third-order valence-electron chi connectivity index (χ3n) is 3.74. The first-order chi connectivity index (χ1) is 11.8. The molecule has 2 aromatic heterocycles. The highest BCUT2D eigenvalue weighted by Crippen LogP contribution is 2.13. The van der Waals surface area contributed by atoms with Gasteiger partial charge in [0, 0.05) is 39.4 Å². The Kier molecular flexibility index (Phi) is 8.06. The molecule has 0 saturated carbocycles. The molecule has 1 fully saturated rings. The van der Waals surface area contributed by atoms with Crippen LogP contribution in [0.15, 0.2) is 33.9 Å². The monoisotopic (exact) mass is 458 g/mol. The van der Waals surface area contributed by atoms with Crippen molar-refractivity contribution in [3.8, 4) is 11.6 Å². The topological polar surface area (TPSA) is 97.5 Å². The Labute approximate surface area is 163 Å². The smallest absolute Gasteiger partial charge is 0.276 e. The van der Waals surface area contributed by atoms with Crippen LogP contribution in [0.1, 0.15) is 18.7 Å². The average molecular weight is 458 g/mol. The van der Waals surface area contributed by atoms with Crippen LogP contribution < -0.4 is 10.6 Å². The molecule has 2 aromatic rings. The lowest BCUT2D eigenvalue weighted by atomic mass is 10.2. The van der Waals surface area contributed by atoms with Gasteiger partial charge in [0.1, 0.15) is 5.69 Å². The summed E-state index contributed by atoms with van der Waals surface area (Å²) in [5.74, 6) is 1.82. The molecule has 1 atom stereocenters. The van der Waals surface area contributed by atoms with E-state index in [4.69, 9.17) is 9.26 Å². The normalized spacial score (nSPS) is 17.2. The molecule has 2 N–H and O–H groups in total. The van der Waals surface area contributed by atoms with Crippen molar-refractivity contribution in [2.24, 2.45) is 4.99 Å². The van der Waals surface area contributed by atoms with E-state index in [1.54, 1.807) is 13.2 Å². The molecule has 9 heteroatoms. The Morgan fingerprint density at radius 3 is 3.00 bits per heavy atom. The maximum atomic E-state index is 5.58. The Balaban J connectivity index is 0.00000225. The zero-order valence-corrected chi connectivity index (χ0v) is 16.5. The molecule has 1 aliphatic heterocycles. The number of rotatable bonds is 6. The summed E-state index contributed by atoms with van der Waals surface area (Å²) in [5, 5.41) is 10.5. The van der Waals surface area contributed by atoms with Crippen LogP contribution in [0, 0.1) is 0 Å². The predicted octanol–water partition coefficient (Wildman–Crippen LogP) is 1.64. The number of halogens is 1. The minimum absolute atomic E-state index is 0. The van der Waals surface area contributed by atoms with Gasteiger partial charge in [-0.25, -0.2) is 0 Å². The van der Waals surface area contributed by atoms with Gasteiger partial charge in [0.15, 0.2) is 11.8 Å². The van der Waals surface area contributed by atoms with E-state index in [1.807, 2.05) is 18.2 Å². The molecule has 1 aliphatic rings. The molecule has 0 amide bonds. The Morgan fingerprint density at radius 1 is 1.36 bits per heavy atom. The zero-order chi connectivity index (χ0) is 16.6. The van der Waals surface area contributed by atoms with Gasteiger partial charge in [-0.1, -0.05) is 11.2 Å². The largest absolute Gasteiger partial charge is 0.376 e. The van der Waals surface area contributed by atoms with Crippen LogP contribution >= 0.6 is 24.0 Å². The first-order valence-electron chi connectivity index (χ1n) is 8.15. The summed E-state index contributed by atoms with van der Waals surface area (Å²) in [6.07, 6.45) is 4.85. The molecule has 1 unspecified atom stereocenters. The molecule has 25 heavy (non-hydrogen) atoms. The Bertz CT molecular complexity index is 658. The van der Waals surface area contributed by atoms with Crippen molar-refractivity contribution in [1.82, 2.24) is 25.8 Å². The zero-order valence-electron chi connectivity index (χ0n) is 14.1. The summed E-state index contributed by atoms with van der Waals surface area (Å²) in [4.78, 5) is 12.7. The van der Waals surface area contributed by atoms with E-state index in [0.29, 0.717) is 30.4 Å². The molecule has 0 aliphatic carbocycles. The lowest BCUT2D eigenvalue weighted by molar-refractivity contribution is 0.114. The summed E-state index contributed by atoms with van der Waals surface area (Å²) in [5.41, 5.74) is 0.679. The van der Waals surface area contributed by atoms with E-state index < -0.39 is 0 Å². The predicted molar refractivity (Wildman–Crippen MR) is 105 cm³/mol. The van der Waals surface area contributed by atoms with Crippen LogP contribution in [0.5, 0.6) is 0 Å². The molecule has 136 valence electrons. The van der Waals surface area contributed by atoms with Gasteiger partial charge in [-0.2, -0.15) is 4.98 Å². The fourth-order valence-corrected chi connectivity index (χ4v) is 2.48. The third kappa shape index (κ3) is 5.92. The number of hydrogen-bond acceptors (Lipinski definition) is 6. The van der Waals surface area contributed by atoms with E-state index in [-0.39, 0.29) is 30.1 Å². The quantitative estimate of drug-likeness (QED) is 0.386. The number of nitrogens with one attached hydrogen (secondary N) is 2. The molecule has 3 rings (SSSR count). The van der Waals surface area contributed by atoms with Gasteiger partial charge in [-0.05, 0) is 25.0 Å². The van der Waals surface area contributed by atoms with Gasteiger partial charge in [0.25, 0.3) is 5.89 Å². The molecule has 0 radical (unpaired) electrons. The summed E-state index contributed by atoms with van der Waals surface area (Å²) in [7, 11) is 1.75. The molecular formula is C16H23IN6O2. The minimum Gasteiger partial charge on any atom is -0.376 e. The lowest BCUT2D eigenvalue weighted by Crippen LogP contribution is -2.41.